The summed E-state index contributed by atoms with van der Waals surface area (Å²) in [5.41, 5.74) is 0.601. The van der Waals surface area contributed by atoms with Crippen molar-refractivity contribution in [2.45, 2.75) is 12.7 Å². The normalized spacial score (nSPS) is 18.1. The number of rotatable bonds is 5. The van der Waals surface area contributed by atoms with E-state index in [-0.39, 0.29) is 11.2 Å². The first-order valence-corrected chi connectivity index (χ1v) is 8.07. The minimum Gasteiger partial charge on any atom is -0.493 e. The van der Waals surface area contributed by atoms with Crippen LogP contribution in [0.5, 0.6) is 5.75 Å². The summed E-state index contributed by atoms with van der Waals surface area (Å²) in [6.45, 7) is 3.91. The van der Waals surface area contributed by atoms with E-state index in [1.807, 2.05) is 0 Å². The lowest BCUT2D eigenvalue weighted by molar-refractivity contribution is -0.120. The molecule has 0 saturated carbocycles. The Morgan fingerprint density at radius 2 is 2.06 bits per heavy atom. The minimum absolute atomic E-state index is 0.0208. The zero-order valence-corrected chi connectivity index (χ0v) is 11.6. The smallest absolute Gasteiger partial charge is 0.236 e. The highest BCUT2D eigenvalue weighted by atomic mass is 35.7. The van der Waals surface area contributed by atoms with Gasteiger partial charge in [0.2, 0.25) is 9.05 Å². The number of benzene rings is 1. The molecule has 1 aromatic carbocycles. The lowest BCUT2D eigenvalue weighted by Crippen LogP contribution is -2.44. The second-order valence-corrected chi connectivity index (χ2v) is 7.66. The third-order valence-electron chi connectivity index (χ3n) is 2.78. The van der Waals surface area contributed by atoms with Crippen molar-refractivity contribution in [2.24, 2.45) is 5.41 Å². The van der Waals surface area contributed by atoms with Crippen molar-refractivity contribution in [2.75, 3.05) is 19.8 Å². The molecule has 1 saturated heterocycles. The maximum absolute atomic E-state index is 11.1. The van der Waals surface area contributed by atoms with E-state index in [1.54, 1.807) is 24.3 Å². The maximum Gasteiger partial charge on any atom is 0.236 e. The van der Waals surface area contributed by atoms with Gasteiger partial charge in [-0.25, -0.2) is 8.42 Å². The molecule has 0 radical (unpaired) electrons. The fraction of sp³-hybridized carbons (Fsp3) is 0.500. The Morgan fingerprint density at radius 1 is 1.39 bits per heavy atom. The van der Waals surface area contributed by atoms with E-state index in [2.05, 4.69) is 6.92 Å². The monoisotopic (exact) mass is 290 g/mol. The molecule has 18 heavy (non-hydrogen) atoms. The van der Waals surface area contributed by atoms with Crippen molar-refractivity contribution in [3.8, 4) is 5.75 Å². The highest BCUT2D eigenvalue weighted by molar-refractivity contribution is 8.13. The van der Waals surface area contributed by atoms with Crippen molar-refractivity contribution in [3.63, 3.8) is 0 Å². The van der Waals surface area contributed by atoms with Crippen molar-refractivity contribution in [1.82, 2.24) is 0 Å². The number of ether oxygens (including phenoxy) is 2. The zero-order valence-electron chi connectivity index (χ0n) is 10.1. The lowest BCUT2D eigenvalue weighted by atomic mass is 9.90. The van der Waals surface area contributed by atoms with E-state index in [4.69, 9.17) is 20.2 Å². The molecular weight excluding hydrogens is 276 g/mol. The molecule has 1 aliphatic heterocycles. The first-order valence-electron chi connectivity index (χ1n) is 5.59. The van der Waals surface area contributed by atoms with Gasteiger partial charge in [0.25, 0.3) is 0 Å². The first kappa shape index (κ1) is 13.6. The predicted molar refractivity (Wildman–Crippen MR) is 69.3 cm³/mol. The Morgan fingerprint density at radius 3 is 2.61 bits per heavy atom. The van der Waals surface area contributed by atoms with Crippen LogP contribution in [0.4, 0.5) is 0 Å². The summed E-state index contributed by atoms with van der Waals surface area (Å²) in [7, 11) is 1.69. The molecule has 1 aliphatic rings. The standard InChI is InChI=1S/C12H15ClO4S/c1-12(7-16-8-12)9-17-11-5-3-2-4-10(11)6-18(13,14)15/h2-5H,6-9H2,1H3. The van der Waals surface area contributed by atoms with E-state index >= 15 is 0 Å². The molecule has 0 aromatic heterocycles. The topological polar surface area (TPSA) is 52.6 Å². The highest BCUT2D eigenvalue weighted by Crippen LogP contribution is 2.29. The summed E-state index contributed by atoms with van der Waals surface area (Å²) >= 11 is 0. The average Bonchev–Trinajstić information content (AvgIpc) is 2.23. The summed E-state index contributed by atoms with van der Waals surface area (Å²) in [6.07, 6.45) is 0. The summed E-state index contributed by atoms with van der Waals surface area (Å²) < 4.78 is 33.0. The van der Waals surface area contributed by atoms with Crippen LogP contribution in [0.25, 0.3) is 0 Å². The molecule has 4 nitrogen and oxygen atoms in total. The first-order chi connectivity index (χ1) is 8.38. The molecule has 100 valence electrons. The molecule has 2 rings (SSSR count). The minimum atomic E-state index is -3.58. The van der Waals surface area contributed by atoms with Crippen LogP contribution < -0.4 is 4.74 Å². The van der Waals surface area contributed by atoms with Gasteiger partial charge < -0.3 is 9.47 Å². The maximum atomic E-state index is 11.1. The Bertz CT molecular complexity index is 523. The summed E-state index contributed by atoms with van der Waals surface area (Å²) in [5.74, 6) is 0.340. The van der Waals surface area contributed by atoms with Gasteiger partial charge in [0.05, 0.1) is 25.6 Å². The van der Waals surface area contributed by atoms with Gasteiger partial charge in [0.1, 0.15) is 5.75 Å². The number of para-hydroxylation sites is 1. The average molecular weight is 291 g/mol. The fourth-order valence-corrected chi connectivity index (χ4v) is 2.70. The van der Waals surface area contributed by atoms with E-state index in [0.29, 0.717) is 31.1 Å². The third kappa shape index (κ3) is 3.60. The van der Waals surface area contributed by atoms with Crippen LogP contribution in [0.15, 0.2) is 24.3 Å². The van der Waals surface area contributed by atoms with Crippen LogP contribution in [0.2, 0.25) is 0 Å². The number of halogens is 1. The van der Waals surface area contributed by atoms with Crippen molar-refractivity contribution < 1.29 is 17.9 Å². The van der Waals surface area contributed by atoms with Gasteiger partial charge in [0, 0.05) is 21.7 Å². The second kappa shape index (κ2) is 5.07. The van der Waals surface area contributed by atoms with Gasteiger partial charge in [0.15, 0.2) is 0 Å². The molecule has 6 heteroatoms. The van der Waals surface area contributed by atoms with E-state index in [0.717, 1.165) is 0 Å². The van der Waals surface area contributed by atoms with Gasteiger partial charge in [-0.05, 0) is 6.07 Å². The van der Waals surface area contributed by atoms with Crippen molar-refractivity contribution >= 4 is 19.7 Å². The Kier molecular flexibility index (Phi) is 3.84. The van der Waals surface area contributed by atoms with Crippen molar-refractivity contribution in [1.29, 1.82) is 0 Å². The SMILES string of the molecule is CC1(COc2ccccc2CS(=O)(=O)Cl)COC1. The van der Waals surface area contributed by atoms with Crippen LogP contribution in [0, 0.1) is 5.41 Å². The van der Waals surface area contributed by atoms with E-state index < -0.39 is 9.05 Å². The zero-order chi connectivity index (χ0) is 13.2. The Balaban J connectivity index is 2.07. The molecule has 1 fully saturated rings. The summed E-state index contributed by atoms with van der Waals surface area (Å²) in [6, 6.07) is 7.02. The molecule has 1 aromatic rings. The van der Waals surface area contributed by atoms with Gasteiger partial charge >= 0.3 is 0 Å². The Labute approximate surface area is 111 Å². The molecule has 0 atom stereocenters. The summed E-state index contributed by atoms with van der Waals surface area (Å²) in [4.78, 5) is 0. The van der Waals surface area contributed by atoms with Gasteiger partial charge in [-0.3, -0.25) is 0 Å². The molecular formula is C12H15ClO4S. The molecule has 0 spiro atoms. The van der Waals surface area contributed by atoms with Gasteiger partial charge in [-0.1, -0.05) is 25.1 Å². The molecule has 0 aliphatic carbocycles. The summed E-state index contributed by atoms with van der Waals surface area (Å²) in [5, 5.41) is 0. The van der Waals surface area contributed by atoms with E-state index in [1.165, 1.54) is 0 Å². The number of hydrogen-bond donors (Lipinski definition) is 0. The number of hydrogen-bond acceptors (Lipinski definition) is 4. The highest BCUT2D eigenvalue weighted by Gasteiger charge is 2.34. The van der Waals surface area contributed by atoms with Crippen molar-refractivity contribution in [3.05, 3.63) is 29.8 Å². The van der Waals surface area contributed by atoms with E-state index in [9.17, 15) is 8.42 Å². The van der Waals surface area contributed by atoms with Gasteiger partial charge in [-0.15, -0.1) is 0 Å². The van der Waals surface area contributed by atoms with Crippen LogP contribution in [-0.2, 0) is 19.5 Å². The second-order valence-electron chi connectivity index (χ2n) is 4.88. The molecule has 0 bridgehead atoms. The lowest BCUT2D eigenvalue weighted by Gasteiger charge is -2.37. The van der Waals surface area contributed by atoms with Gasteiger partial charge in [-0.2, -0.15) is 0 Å². The third-order valence-corrected chi connectivity index (χ3v) is 3.76. The molecule has 1 heterocycles. The van der Waals surface area contributed by atoms with Crippen LogP contribution in [0.3, 0.4) is 0 Å². The largest absolute Gasteiger partial charge is 0.493 e. The van der Waals surface area contributed by atoms with Crippen LogP contribution in [0.1, 0.15) is 12.5 Å². The quantitative estimate of drug-likeness (QED) is 0.780. The Hall–Kier alpha value is -0.780. The predicted octanol–water partition coefficient (Wildman–Crippen LogP) is 2.17. The van der Waals surface area contributed by atoms with Crippen LogP contribution in [-0.4, -0.2) is 28.2 Å². The van der Waals surface area contributed by atoms with Crippen LogP contribution >= 0.6 is 10.7 Å². The molecule has 0 N–H and O–H groups in total. The molecule has 0 unspecified atom stereocenters. The fourth-order valence-electron chi connectivity index (χ4n) is 1.74. The molecule has 0 amide bonds.